The molecule has 0 aliphatic carbocycles. The quantitative estimate of drug-likeness (QED) is 0.681. The van der Waals surface area contributed by atoms with E-state index in [0.717, 1.165) is 31.5 Å². The van der Waals surface area contributed by atoms with Crippen LogP contribution in [0.1, 0.15) is 31.7 Å². The highest BCUT2D eigenvalue weighted by atomic mass is 16.6. The van der Waals surface area contributed by atoms with Crippen LogP contribution in [0.25, 0.3) is 0 Å². The minimum Gasteiger partial charge on any atom is -0.496 e. The summed E-state index contributed by atoms with van der Waals surface area (Å²) < 4.78 is 5.30. The highest BCUT2D eigenvalue weighted by Gasteiger charge is 2.25. The van der Waals surface area contributed by atoms with E-state index in [0.29, 0.717) is 18.7 Å². The minimum absolute atomic E-state index is 0.0765. The average Bonchev–Trinajstić information content (AvgIpc) is 2.60. The molecule has 1 aliphatic rings. The van der Waals surface area contributed by atoms with Gasteiger partial charge in [-0.1, -0.05) is 0 Å². The Labute approximate surface area is 124 Å². The topological polar surface area (TPSA) is 75.8 Å². The molecule has 116 valence electrons. The Morgan fingerprint density at radius 1 is 1.43 bits per heavy atom. The van der Waals surface area contributed by atoms with Gasteiger partial charge in [0.05, 0.1) is 17.6 Å². The van der Waals surface area contributed by atoms with Crippen LogP contribution in [0.5, 0.6) is 5.75 Å². The monoisotopic (exact) mass is 294 g/mol. The van der Waals surface area contributed by atoms with Crippen LogP contribution in [-0.2, 0) is 6.54 Å². The van der Waals surface area contributed by atoms with Gasteiger partial charge in [0.15, 0.2) is 0 Å². The molecule has 1 aliphatic heterocycles. The number of rotatable bonds is 4. The molecule has 0 radical (unpaired) electrons. The molecule has 0 saturated carbocycles. The Hall–Kier alpha value is -1.66. The van der Waals surface area contributed by atoms with Crippen LogP contribution in [0.15, 0.2) is 18.2 Å². The van der Waals surface area contributed by atoms with E-state index >= 15 is 0 Å². The molecule has 1 N–H and O–H groups in total. The third-order valence-corrected chi connectivity index (χ3v) is 4.03. The maximum atomic E-state index is 10.9. The van der Waals surface area contributed by atoms with Crippen LogP contribution in [0, 0.1) is 10.1 Å². The highest BCUT2D eigenvalue weighted by Crippen LogP contribution is 2.27. The second kappa shape index (κ2) is 6.41. The third kappa shape index (κ3) is 4.15. The molecule has 0 spiro atoms. The molecule has 0 aromatic heterocycles. The maximum absolute atomic E-state index is 10.9. The van der Waals surface area contributed by atoms with Gasteiger partial charge in [-0.25, -0.2) is 0 Å². The van der Waals surface area contributed by atoms with Crippen LogP contribution >= 0.6 is 0 Å². The average molecular weight is 294 g/mol. The molecule has 1 fully saturated rings. The number of benzene rings is 1. The first-order valence-electron chi connectivity index (χ1n) is 7.17. The molecule has 6 nitrogen and oxygen atoms in total. The van der Waals surface area contributed by atoms with Crippen LogP contribution in [0.2, 0.25) is 0 Å². The number of aliphatic hydroxyl groups is 1. The second-order valence-corrected chi connectivity index (χ2v) is 5.88. The van der Waals surface area contributed by atoms with Crippen LogP contribution in [0.3, 0.4) is 0 Å². The molecule has 1 aromatic carbocycles. The lowest BCUT2D eigenvalue weighted by Gasteiger charge is -2.23. The fraction of sp³-hybridized carbons (Fsp3) is 0.600. The molecule has 2 rings (SSSR count). The molecule has 6 heteroatoms. The lowest BCUT2D eigenvalue weighted by Crippen LogP contribution is -2.28. The van der Waals surface area contributed by atoms with Crippen molar-refractivity contribution in [1.29, 1.82) is 0 Å². The van der Waals surface area contributed by atoms with Gasteiger partial charge in [0.2, 0.25) is 0 Å². The molecule has 0 bridgehead atoms. The summed E-state index contributed by atoms with van der Waals surface area (Å²) in [5.41, 5.74) is 0.280. The molecule has 1 atom stereocenters. The summed E-state index contributed by atoms with van der Waals surface area (Å²) >= 11 is 0. The van der Waals surface area contributed by atoms with Crippen molar-refractivity contribution in [2.45, 2.75) is 38.3 Å². The van der Waals surface area contributed by atoms with E-state index in [1.54, 1.807) is 19.2 Å². The van der Waals surface area contributed by atoms with E-state index in [-0.39, 0.29) is 5.69 Å². The summed E-state index contributed by atoms with van der Waals surface area (Å²) in [7, 11) is 1.57. The van der Waals surface area contributed by atoms with Gasteiger partial charge < -0.3 is 9.84 Å². The number of nitro groups is 1. The molecule has 1 heterocycles. The van der Waals surface area contributed by atoms with Gasteiger partial charge in [-0.2, -0.15) is 0 Å². The normalized spacial score (nSPS) is 23.6. The first-order valence-corrected chi connectivity index (χ1v) is 7.17. The number of hydrogen-bond acceptors (Lipinski definition) is 5. The molecule has 0 amide bonds. The van der Waals surface area contributed by atoms with Gasteiger partial charge in [-0.3, -0.25) is 15.0 Å². The second-order valence-electron chi connectivity index (χ2n) is 5.88. The van der Waals surface area contributed by atoms with Gasteiger partial charge >= 0.3 is 0 Å². The molecule has 1 saturated heterocycles. The summed E-state index contributed by atoms with van der Waals surface area (Å²) in [4.78, 5) is 12.7. The number of hydrogen-bond donors (Lipinski definition) is 1. The van der Waals surface area contributed by atoms with Crippen molar-refractivity contribution in [1.82, 2.24) is 4.90 Å². The van der Waals surface area contributed by atoms with Crippen molar-refractivity contribution >= 4 is 5.69 Å². The predicted octanol–water partition coefficient (Wildman–Crippen LogP) is 2.34. The van der Waals surface area contributed by atoms with Crippen molar-refractivity contribution in [3.05, 3.63) is 33.9 Å². The molecule has 21 heavy (non-hydrogen) atoms. The summed E-state index contributed by atoms with van der Waals surface area (Å²) in [6, 6.07) is 4.67. The van der Waals surface area contributed by atoms with Crippen molar-refractivity contribution < 1.29 is 14.8 Å². The van der Waals surface area contributed by atoms with E-state index < -0.39 is 10.5 Å². The number of non-ortho nitro benzene ring substituents is 1. The molecular formula is C15H22N2O4. The Morgan fingerprint density at radius 2 is 2.19 bits per heavy atom. The lowest BCUT2D eigenvalue weighted by molar-refractivity contribution is -0.385. The fourth-order valence-corrected chi connectivity index (χ4v) is 2.72. The molecule has 1 aromatic rings. The SMILES string of the molecule is COc1ccc([N+](=O)[O-])cc1CN1CCCC(C)(O)CC1. The largest absolute Gasteiger partial charge is 0.496 e. The van der Waals surface area contributed by atoms with Crippen LogP contribution in [0.4, 0.5) is 5.69 Å². The van der Waals surface area contributed by atoms with Crippen molar-refractivity contribution in [2.75, 3.05) is 20.2 Å². The predicted molar refractivity (Wildman–Crippen MR) is 79.4 cm³/mol. The van der Waals surface area contributed by atoms with Gasteiger partial charge in [-0.15, -0.1) is 0 Å². The fourth-order valence-electron chi connectivity index (χ4n) is 2.72. The summed E-state index contributed by atoms with van der Waals surface area (Å²) in [6.45, 7) is 4.12. The molecule has 1 unspecified atom stereocenters. The van der Waals surface area contributed by atoms with Gasteiger partial charge in [0.1, 0.15) is 5.75 Å². The van der Waals surface area contributed by atoms with Crippen molar-refractivity contribution in [2.24, 2.45) is 0 Å². The van der Waals surface area contributed by atoms with Crippen molar-refractivity contribution in [3.63, 3.8) is 0 Å². The van der Waals surface area contributed by atoms with Crippen LogP contribution < -0.4 is 4.74 Å². The van der Waals surface area contributed by atoms with E-state index in [4.69, 9.17) is 4.74 Å². The van der Waals surface area contributed by atoms with E-state index in [9.17, 15) is 15.2 Å². The van der Waals surface area contributed by atoms with Crippen LogP contribution in [-0.4, -0.2) is 40.7 Å². The maximum Gasteiger partial charge on any atom is 0.270 e. The first kappa shape index (κ1) is 15.7. The zero-order valence-electron chi connectivity index (χ0n) is 12.5. The number of likely N-dealkylation sites (tertiary alicyclic amines) is 1. The van der Waals surface area contributed by atoms with Gasteiger partial charge in [0.25, 0.3) is 5.69 Å². The number of nitro benzene ring substituents is 1. The number of methoxy groups -OCH3 is 1. The zero-order chi connectivity index (χ0) is 15.5. The van der Waals surface area contributed by atoms with E-state index in [1.165, 1.54) is 6.07 Å². The third-order valence-electron chi connectivity index (χ3n) is 4.03. The summed E-state index contributed by atoms with van der Waals surface area (Å²) in [6.07, 6.45) is 2.42. The number of nitrogens with zero attached hydrogens (tertiary/aromatic N) is 2. The van der Waals surface area contributed by atoms with E-state index in [2.05, 4.69) is 4.90 Å². The zero-order valence-corrected chi connectivity index (χ0v) is 12.5. The summed E-state index contributed by atoms with van der Waals surface area (Å²) in [5, 5.41) is 21.0. The van der Waals surface area contributed by atoms with E-state index in [1.807, 2.05) is 6.92 Å². The Morgan fingerprint density at radius 3 is 2.86 bits per heavy atom. The molecular weight excluding hydrogens is 272 g/mol. The standard InChI is InChI=1S/C15H22N2O4/c1-15(18)6-3-8-16(9-7-15)11-12-10-13(17(19)20)4-5-14(12)21-2/h4-5,10,18H,3,6-9,11H2,1-2H3. The van der Waals surface area contributed by atoms with Gasteiger partial charge in [-0.05, 0) is 38.8 Å². The van der Waals surface area contributed by atoms with Crippen molar-refractivity contribution in [3.8, 4) is 5.75 Å². The number of ether oxygens (including phenoxy) is 1. The smallest absolute Gasteiger partial charge is 0.270 e. The Kier molecular flexibility index (Phi) is 4.80. The minimum atomic E-state index is -0.610. The Balaban J connectivity index is 2.14. The summed E-state index contributed by atoms with van der Waals surface area (Å²) in [5.74, 6) is 0.664. The first-order chi connectivity index (χ1) is 9.91. The van der Waals surface area contributed by atoms with Gasteiger partial charge in [0, 0.05) is 30.8 Å². The Bertz CT molecular complexity index is 516. The lowest BCUT2D eigenvalue weighted by atomic mass is 9.98. The highest BCUT2D eigenvalue weighted by molar-refractivity contribution is 5.43.